The van der Waals surface area contributed by atoms with Gasteiger partial charge in [0.25, 0.3) is 5.91 Å². The second kappa shape index (κ2) is 5.79. The Morgan fingerprint density at radius 1 is 1.50 bits per heavy atom. The lowest BCUT2D eigenvalue weighted by Crippen LogP contribution is -2.39. The van der Waals surface area contributed by atoms with Crippen molar-refractivity contribution < 1.29 is 4.79 Å². The molecule has 1 atom stereocenters. The average molecular weight is 274 g/mol. The monoisotopic (exact) mass is 274 g/mol. The molecule has 1 unspecified atom stereocenters. The fraction of sp³-hybridized carbons (Fsp3) is 0.600. The van der Waals surface area contributed by atoms with Gasteiger partial charge in [0.15, 0.2) is 0 Å². The zero-order valence-electron chi connectivity index (χ0n) is 11.9. The van der Waals surface area contributed by atoms with Crippen molar-refractivity contribution in [3.05, 3.63) is 24.0 Å². The Bertz CT molecular complexity index is 481. The highest BCUT2D eigenvalue weighted by molar-refractivity contribution is 5.92. The number of nitrogens with zero attached hydrogens (tertiary/aromatic N) is 2. The molecule has 2 N–H and O–H groups in total. The van der Waals surface area contributed by atoms with Gasteiger partial charge in [-0.2, -0.15) is 0 Å². The van der Waals surface area contributed by atoms with Gasteiger partial charge >= 0.3 is 0 Å². The maximum atomic E-state index is 11.7. The molecule has 0 spiro atoms. The van der Waals surface area contributed by atoms with E-state index in [1.54, 1.807) is 13.2 Å². The fourth-order valence-electron chi connectivity index (χ4n) is 2.85. The maximum absolute atomic E-state index is 11.7. The van der Waals surface area contributed by atoms with Gasteiger partial charge in [-0.25, -0.2) is 0 Å². The van der Waals surface area contributed by atoms with Crippen LogP contribution in [0.3, 0.4) is 0 Å². The Labute approximate surface area is 119 Å². The number of hydrogen-bond acceptors (Lipinski definition) is 4. The molecule has 3 rings (SSSR count). The molecule has 1 saturated carbocycles. The van der Waals surface area contributed by atoms with Gasteiger partial charge < -0.3 is 15.5 Å². The summed E-state index contributed by atoms with van der Waals surface area (Å²) in [6.07, 6.45) is 6.76. The minimum atomic E-state index is -0.124. The van der Waals surface area contributed by atoms with E-state index in [1.807, 2.05) is 12.1 Å². The molecule has 0 aromatic carbocycles. The van der Waals surface area contributed by atoms with Crippen LogP contribution in [0.25, 0.3) is 0 Å². The van der Waals surface area contributed by atoms with E-state index < -0.39 is 0 Å². The third-order valence-electron chi connectivity index (χ3n) is 4.10. The van der Waals surface area contributed by atoms with Crippen molar-refractivity contribution in [2.45, 2.75) is 37.8 Å². The molecule has 1 aromatic heterocycles. The number of pyridine rings is 1. The van der Waals surface area contributed by atoms with E-state index in [0.29, 0.717) is 17.8 Å². The summed E-state index contributed by atoms with van der Waals surface area (Å²) in [4.78, 5) is 18.3. The number of hydrogen-bond donors (Lipinski definition) is 2. The van der Waals surface area contributed by atoms with Gasteiger partial charge in [-0.1, -0.05) is 0 Å². The molecule has 1 saturated heterocycles. The highest BCUT2D eigenvalue weighted by Gasteiger charge is 2.31. The van der Waals surface area contributed by atoms with Crippen molar-refractivity contribution in [3.8, 4) is 0 Å². The highest BCUT2D eigenvalue weighted by Crippen LogP contribution is 2.32. The Kier molecular flexibility index (Phi) is 3.87. The number of carbonyl (C=O) groups is 1. The van der Waals surface area contributed by atoms with Crippen LogP contribution in [0.4, 0.5) is 5.69 Å². The predicted molar refractivity (Wildman–Crippen MR) is 79.0 cm³/mol. The lowest BCUT2D eigenvalue weighted by Gasteiger charge is -2.28. The van der Waals surface area contributed by atoms with Crippen LogP contribution in [-0.2, 0) is 0 Å². The number of amides is 1. The van der Waals surface area contributed by atoms with Gasteiger partial charge in [-0.3, -0.25) is 9.78 Å². The summed E-state index contributed by atoms with van der Waals surface area (Å²) in [6.45, 7) is 2.16. The second-order valence-electron chi connectivity index (χ2n) is 5.66. The molecule has 5 nitrogen and oxygen atoms in total. The maximum Gasteiger partial charge on any atom is 0.269 e. The van der Waals surface area contributed by atoms with Gasteiger partial charge in [0, 0.05) is 37.6 Å². The summed E-state index contributed by atoms with van der Waals surface area (Å²) in [5, 5.41) is 6.18. The summed E-state index contributed by atoms with van der Waals surface area (Å²) in [5.74, 6) is -0.124. The minimum Gasteiger partial charge on any atom is -0.367 e. The molecule has 1 aliphatic heterocycles. The molecular weight excluding hydrogens is 252 g/mol. The number of nitrogens with one attached hydrogen (secondary N) is 2. The Morgan fingerprint density at radius 2 is 2.35 bits per heavy atom. The van der Waals surface area contributed by atoms with Gasteiger partial charge in [0.1, 0.15) is 5.69 Å². The van der Waals surface area contributed by atoms with E-state index in [2.05, 4.69) is 20.5 Å². The number of carbonyl (C=O) groups excluding carboxylic acids is 1. The van der Waals surface area contributed by atoms with Crippen LogP contribution in [-0.4, -0.2) is 43.1 Å². The lowest BCUT2D eigenvalue weighted by molar-refractivity contribution is 0.0958. The minimum absolute atomic E-state index is 0.124. The van der Waals surface area contributed by atoms with Crippen molar-refractivity contribution in [2.24, 2.45) is 0 Å². The van der Waals surface area contributed by atoms with Crippen LogP contribution in [0.1, 0.15) is 36.2 Å². The molecule has 2 fully saturated rings. The summed E-state index contributed by atoms with van der Waals surface area (Å²) >= 11 is 0. The molecule has 2 heterocycles. The van der Waals surface area contributed by atoms with E-state index in [-0.39, 0.29) is 5.91 Å². The van der Waals surface area contributed by atoms with Crippen LogP contribution in [0.5, 0.6) is 0 Å². The van der Waals surface area contributed by atoms with Crippen LogP contribution in [0.2, 0.25) is 0 Å². The molecule has 0 bridgehead atoms. The largest absolute Gasteiger partial charge is 0.367 e. The number of aromatic nitrogens is 1. The Hall–Kier alpha value is -1.62. The summed E-state index contributed by atoms with van der Waals surface area (Å²) in [7, 11) is 1.64. The molecule has 1 aliphatic carbocycles. The number of anilines is 1. The molecule has 1 aromatic rings. The summed E-state index contributed by atoms with van der Waals surface area (Å²) in [5.41, 5.74) is 1.62. The zero-order chi connectivity index (χ0) is 13.9. The van der Waals surface area contributed by atoms with E-state index in [9.17, 15) is 4.79 Å². The van der Waals surface area contributed by atoms with E-state index >= 15 is 0 Å². The van der Waals surface area contributed by atoms with Crippen LogP contribution in [0.15, 0.2) is 18.3 Å². The molecule has 1 amide bonds. The number of rotatable bonds is 5. The first-order valence-electron chi connectivity index (χ1n) is 7.46. The van der Waals surface area contributed by atoms with Gasteiger partial charge in [0.05, 0.1) is 0 Å². The Morgan fingerprint density at radius 3 is 3.00 bits per heavy atom. The molecule has 0 radical (unpaired) electrons. The fourth-order valence-corrected chi connectivity index (χ4v) is 2.85. The molecule has 2 aliphatic rings. The molecule has 20 heavy (non-hydrogen) atoms. The Balaban J connectivity index is 1.78. The molecule has 108 valence electrons. The van der Waals surface area contributed by atoms with E-state index in [0.717, 1.165) is 18.8 Å². The lowest BCUT2D eigenvalue weighted by atomic mass is 10.2. The van der Waals surface area contributed by atoms with Crippen molar-refractivity contribution in [1.29, 1.82) is 0 Å². The van der Waals surface area contributed by atoms with Gasteiger partial charge in [0.2, 0.25) is 0 Å². The third-order valence-corrected chi connectivity index (χ3v) is 4.10. The van der Waals surface area contributed by atoms with Crippen LogP contribution >= 0.6 is 0 Å². The van der Waals surface area contributed by atoms with Crippen LogP contribution in [0, 0.1) is 0 Å². The summed E-state index contributed by atoms with van der Waals surface area (Å²) in [6, 6.07) is 5.13. The highest BCUT2D eigenvalue weighted by atomic mass is 16.1. The normalized spacial score (nSPS) is 21.8. The smallest absolute Gasteiger partial charge is 0.269 e. The van der Waals surface area contributed by atoms with Crippen molar-refractivity contribution >= 4 is 11.6 Å². The van der Waals surface area contributed by atoms with Crippen LogP contribution < -0.4 is 15.5 Å². The standard InChI is InChI=1S/C15H22N4O/c1-16-15(20)14-9-13(6-8-18-14)19(12-4-5-12)10-11-3-2-7-17-11/h6,8-9,11-12,17H,2-5,7,10H2,1H3,(H,16,20). The van der Waals surface area contributed by atoms with E-state index in [1.165, 1.54) is 25.7 Å². The second-order valence-corrected chi connectivity index (χ2v) is 5.66. The SMILES string of the molecule is CNC(=O)c1cc(N(CC2CCCN2)C2CC2)ccn1. The van der Waals surface area contributed by atoms with Gasteiger partial charge in [-0.15, -0.1) is 0 Å². The van der Waals surface area contributed by atoms with Gasteiger partial charge in [-0.05, 0) is 44.4 Å². The van der Waals surface area contributed by atoms with Crippen molar-refractivity contribution in [3.63, 3.8) is 0 Å². The molecule has 5 heteroatoms. The predicted octanol–water partition coefficient (Wildman–Crippen LogP) is 1.16. The topological polar surface area (TPSA) is 57.3 Å². The molecular formula is C15H22N4O. The average Bonchev–Trinajstić information content (AvgIpc) is 3.20. The summed E-state index contributed by atoms with van der Waals surface area (Å²) < 4.78 is 0. The quantitative estimate of drug-likeness (QED) is 0.846. The third kappa shape index (κ3) is 2.93. The zero-order valence-corrected chi connectivity index (χ0v) is 11.9. The van der Waals surface area contributed by atoms with E-state index in [4.69, 9.17) is 0 Å². The first-order chi connectivity index (χ1) is 9.78. The first-order valence-corrected chi connectivity index (χ1v) is 7.46. The van der Waals surface area contributed by atoms with Crippen molar-refractivity contribution in [1.82, 2.24) is 15.6 Å². The van der Waals surface area contributed by atoms with Crippen molar-refractivity contribution in [2.75, 3.05) is 25.0 Å². The first kappa shape index (κ1) is 13.4.